The lowest BCUT2D eigenvalue weighted by Crippen LogP contribution is -2.09. The third-order valence-electron chi connectivity index (χ3n) is 3.04. The number of aromatic nitrogens is 2. The zero-order valence-electron chi connectivity index (χ0n) is 7.68. The molecular formula is C11H10ClN2. The van der Waals surface area contributed by atoms with Gasteiger partial charge in [-0.05, 0) is 30.9 Å². The Kier molecular flexibility index (Phi) is 1.77. The van der Waals surface area contributed by atoms with Crippen LogP contribution in [0.25, 0.3) is 11.0 Å². The van der Waals surface area contributed by atoms with Crippen LogP contribution >= 0.6 is 11.6 Å². The molecule has 71 valence electrons. The minimum absolute atomic E-state index is 0.614. The summed E-state index contributed by atoms with van der Waals surface area (Å²) in [5, 5.41) is 0.850. The van der Waals surface area contributed by atoms with Gasteiger partial charge in [0.05, 0.1) is 11.0 Å². The highest BCUT2D eigenvalue weighted by molar-refractivity contribution is 6.32. The van der Waals surface area contributed by atoms with Crippen molar-refractivity contribution >= 4 is 22.6 Å². The third-order valence-corrected chi connectivity index (χ3v) is 3.37. The monoisotopic (exact) mass is 205 g/mol. The first-order chi connectivity index (χ1) is 6.86. The minimum Gasteiger partial charge on any atom is -0.335 e. The van der Waals surface area contributed by atoms with Crippen molar-refractivity contribution in [1.82, 2.24) is 9.97 Å². The van der Waals surface area contributed by atoms with Gasteiger partial charge in [-0.15, -0.1) is 0 Å². The van der Waals surface area contributed by atoms with E-state index in [0.717, 1.165) is 16.1 Å². The van der Waals surface area contributed by atoms with E-state index in [1.54, 1.807) is 0 Å². The lowest BCUT2D eigenvalue weighted by atomic mass is 9.79. The van der Waals surface area contributed by atoms with E-state index in [1.165, 1.54) is 24.8 Å². The molecule has 1 N–H and O–H groups in total. The van der Waals surface area contributed by atoms with Crippen LogP contribution in [-0.4, -0.2) is 9.97 Å². The maximum Gasteiger partial charge on any atom is 0.174 e. The van der Waals surface area contributed by atoms with Crippen LogP contribution < -0.4 is 0 Å². The summed E-state index contributed by atoms with van der Waals surface area (Å²) in [4.78, 5) is 7.21. The van der Waals surface area contributed by atoms with Crippen molar-refractivity contribution in [3.8, 4) is 0 Å². The highest BCUT2D eigenvalue weighted by atomic mass is 35.5. The summed E-state index contributed by atoms with van der Waals surface area (Å²) in [5.74, 6) is 0.614. The van der Waals surface area contributed by atoms with Crippen LogP contribution in [0.4, 0.5) is 0 Å². The van der Waals surface area contributed by atoms with Gasteiger partial charge in [0.15, 0.2) is 6.33 Å². The molecular weight excluding hydrogens is 196 g/mol. The minimum atomic E-state index is 0.614. The van der Waals surface area contributed by atoms with Gasteiger partial charge in [-0.1, -0.05) is 18.0 Å². The Labute approximate surface area is 87.3 Å². The number of nitrogens with one attached hydrogen (secondary N) is 1. The molecule has 1 aliphatic carbocycles. The summed E-state index contributed by atoms with van der Waals surface area (Å²) in [5.41, 5.74) is 3.26. The fourth-order valence-electron chi connectivity index (χ4n) is 2.03. The molecule has 1 aromatic heterocycles. The van der Waals surface area contributed by atoms with Crippen LogP contribution in [0.5, 0.6) is 0 Å². The summed E-state index contributed by atoms with van der Waals surface area (Å²) >= 11 is 6.20. The molecule has 3 rings (SSSR count). The van der Waals surface area contributed by atoms with Gasteiger partial charge in [0.1, 0.15) is 0 Å². The third kappa shape index (κ3) is 1.07. The Bertz CT molecular complexity index is 471. The van der Waals surface area contributed by atoms with Crippen molar-refractivity contribution in [2.75, 3.05) is 0 Å². The molecule has 0 saturated heterocycles. The van der Waals surface area contributed by atoms with E-state index in [2.05, 4.69) is 16.3 Å². The second-order valence-corrected chi connectivity index (χ2v) is 4.24. The molecule has 14 heavy (non-hydrogen) atoms. The maximum atomic E-state index is 6.20. The highest BCUT2D eigenvalue weighted by Crippen LogP contribution is 2.42. The van der Waals surface area contributed by atoms with Crippen molar-refractivity contribution in [2.24, 2.45) is 0 Å². The number of hydrogen-bond donors (Lipinski definition) is 1. The molecule has 1 radical (unpaired) electrons. The predicted octanol–water partition coefficient (Wildman–Crippen LogP) is 3.28. The van der Waals surface area contributed by atoms with Crippen molar-refractivity contribution in [3.63, 3.8) is 0 Å². The van der Waals surface area contributed by atoms with Crippen molar-refractivity contribution < 1.29 is 0 Å². The quantitative estimate of drug-likeness (QED) is 0.761. The van der Waals surface area contributed by atoms with Crippen LogP contribution in [0.1, 0.15) is 30.7 Å². The van der Waals surface area contributed by atoms with Crippen LogP contribution in [-0.2, 0) is 0 Å². The van der Waals surface area contributed by atoms with Gasteiger partial charge in [0, 0.05) is 10.6 Å². The smallest absolute Gasteiger partial charge is 0.174 e. The number of H-pyrrole nitrogens is 1. The number of hydrogen-bond acceptors (Lipinski definition) is 1. The zero-order valence-corrected chi connectivity index (χ0v) is 8.43. The van der Waals surface area contributed by atoms with E-state index in [0.29, 0.717) is 5.92 Å². The molecule has 2 aromatic rings. The highest BCUT2D eigenvalue weighted by Gasteiger charge is 2.24. The zero-order chi connectivity index (χ0) is 9.54. The Morgan fingerprint density at radius 2 is 2.29 bits per heavy atom. The molecule has 0 atom stereocenters. The molecule has 1 heterocycles. The Hall–Kier alpha value is -1.02. The molecule has 2 nitrogen and oxygen atoms in total. The fourth-order valence-corrected chi connectivity index (χ4v) is 2.34. The van der Waals surface area contributed by atoms with Gasteiger partial charge in [-0.3, -0.25) is 0 Å². The predicted molar refractivity (Wildman–Crippen MR) is 56.5 cm³/mol. The summed E-state index contributed by atoms with van der Waals surface area (Å²) in [6.45, 7) is 0. The molecule has 0 amide bonds. The molecule has 0 spiro atoms. The van der Waals surface area contributed by atoms with Crippen molar-refractivity contribution in [1.29, 1.82) is 0 Å². The average Bonchev–Trinajstić information content (AvgIpc) is 2.54. The van der Waals surface area contributed by atoms with Crippen molar-refractivity contribution in [3.05, 3.63) is 29.0 Å². The van der Waals surface area contributed by atoms with E-state index in [-0.39, 0.29) is 0 Å². The fraction of sp³-hybridized carbons (Fsp3) is 0.364. The normalized spacial score (nSPS) is 17.2. The van der Waals surface area contributed by atoms with Gasteiger partial charge >= 0.3 is 0 Å². The van der Waals surface area contributed by atoms with Crippen LogP contribution in [0, 0.1) is 6.33 Å². The van der Waals surface area contributed by atoms with E-state index in [1.807, 2.05) is 12.1 Å². The van der Waals surface area contributed by atoms with E-state index in [9.17, 15) is 0 Å². The van der Waals surface area contributed by atoms with Gasteiger partial charge in [0.25, 0.3) is 0 Å². The number of aromatic amines is 1. The number of halogens is 1. The molecule has 1 fully saturated rings. The lowest BCUT2D eigenvalue weighted by Gasteiger charge is -2.26. The average molecular weight is 206 g/mol. The molecule has 0 unspecified atom stereocenters. The molecule has 1 saturated carbocycles. The number of fused-ring (bicyclic) bond motifs is 1. The Balaban J connectivity index is 2.26. The first kappa shape index (κ1) is 8.30. The first-order valence-electron chi connectivity index (χ1n) is 4.90. The molecule has 1 aromatic carbocycles. The van der Waals surface area contributed by atoms with E-state index < -0.39 is 0 Å². The van der Waals surface area contributed by atoms with Gasteiger partial charge in [-0.25, -0.2) is 4.98 Å². The standard InChI is InChI=1S/C11H10ClN2/c12-8-4-5-9-11(14-6-13-9)10(8)7-2-1-3-7/h4-5,7H,1-3H2,(H,13,14). The van der Waals surface area contributed by atoms with E-state index >= 15 is 0 Å². The molecule has 0 aliphatic heterocycles. The second-order valence-electron chi connectivity index (χ2n) is 3.83. The van der Waals surface area contributed by atoms with E-state index in [4.69, 9.17) is 11.6 Å². The SMILES string of the molecule is Clc1ccc2[nH][c]nc2c1C1CCC1. The number of nitrogens with zero attached hydrogens (tertiary/aromatic N) is 1. The molecule has 3 heteroatoms. The van der Waals surface area contributed by atoms with Gasteiger partial charge in [0.2, 0.25) is 0 Å². The van der Waals surface area contributed by atoms with Crippen LogP contribution in [0.15, 0.2) is 12.1 Å². The summed E-state index contributed by atoms with van der Waals surface area (Å²) in [6.07, 6.45) is 6.57. The van der Waals surface area contributed by atoms with Crippen LogP contribution in [0.2, 0.25) is 5.02 Å². The van der Waals surface area contributed by atoms with Crippen molar-refractivity contribution in [2.45, 2.75) is 25.2 Å². The summed E-state index contributed by atoms with van der Waals surface area (Å²) in [7, 11) is 0. The Morgan fingerprint density at radius 1 is 1.43 bits per heavy atom. The topological polar surface area (TPSA) is 28.7 Å². The van der Waals surface area contributed by atoms with Crippen LogP contribution in [0.3, 0.4) is 0 Å². The molecule has 1 aliphatic rings. The lowest BCUT2D eigenvalue weighted by molar-refractivity contribution is 0.422. The second kappa shape index (κ2) is 2.99. The number of benzene rings is 1. The summed E-state index contributed by atoms with van der Waals surface area (Å²) in [6, 6.07) is 3.91. The summed E-state index contributed by atoms with van der Waals surface area (Å²) < 4.78 is 0. The molecule has 0 bridgehead atoms. The largest absolute Gasteiger partial charge is 0.335 e. The maximum absolute atomic E-state index is 6.20. The van der Waals surface area contributed by atoms with Gasteiger partial charge in [-0.2, -0.15) is 0 Å². The Morgan fingerprint density at radius 3 is 3.00 bits per heavy atom. The number of imidazole rings is 1. The first-order valence-corrected chi connectivity index (χ1v) is 5.28. The van der Waals surface area contributed by atoms with Gasteiger partial charge < -0.3 is 4.98 Å². The number of rotatable bonds is 1.